The second kappa shape index (κ2) is 10.2. The van der Waals surface area contributed by atoms with E-state index in [1.165, 1.54) is 7.11 Å². The molecule has 1 aliphatic rings. The van der Waals surface area contributed by atoms with E-state index < -0.39 is 10.0 Å². The van der Waals surface area contributed by atoms with Gasteiger partial charge in [-0.05, 0) is 44.6 Å². The van der Waals surface area contributed by atoms with Gasteiger partial charge in [0.15, 0.2) is 23.1 Å². The van der Waals surface area contributed by atoms with E-state index >= 15 is 0 Å². The highest BCUT2D eigenvalue weighted by atomic mass is 32.2. The fourth-order valence-electron chi connectivity index (χ4n) is 3.56. The molecule has 1 atom stereocenters. The second-order valence-electron chi connectivity index (χ2n) is 7.82. The van der Waals surface area contributed by atoms with E-state index in [1.54, 1.807) is 42.7 Å². The van der Waals surface area contributed by atoms with E-state index in [0.29, 0.717) is 18.1 Å². The Bertz CT molecular complexity index is 1240. The highest BCUT2D eigenvalue weighted by Crippen LogP contribution is 2.41. The van der Waals surface area contributed by atoms with Gasteiger partial charge in [-0.25, -0.2) is 23.4 Å². The van der Waals surface area contributed by atoms with Crippen LogP contribution in [0.5, 0.6) is 23.1 Å². The third-order valence-corrected chi connectivity index (χ3v) is 5.81. The van der Waals surface area contributed by atoms with Crippen molar-refractivity contribution in [2.45, 2.75) is 18.9 Å². The number of likely N-dealkylation sites (N-methyl/N-ethyl adjacent to an activating group) is 1. The summed E-state index contributed by atoms with van der Waals surface area (Å²) in [5, 5.41) is 0. The van der Waals surface area contributed by atoms with Crippen LogP contribution in [0.2, 0.25) is 0 Å². The minimum Gasteiger partial charge on any atom is -0.493 e. The van der Waals surface area contributed by atoms with Crippen LogP contribution in [0.4, 0.5) is 5.82 Å². The summed E-state index contributed by atoms with van der Waals surface area (Å²) in [6.45, 7) is 1.32. The van der Waals surface area contributed by atoms with Crippen molar-refractivity contribution >= 4 is 15.8 Å². The van der Waals surface area contributed by atoms with Crippen molar-refractivity contribution < 1.29 is 22.6 Å². The Labute approximate surface area is 198 Å². The van der Waals surface area contributed by atoms with E-state index in [0.717, 1.165) is 25.6 Å². The lowest BCUT2D eigenvalue weighted by atomic mass is 10.2. The van der Waals surface area contributed by atoms with Crippen LogP contribution in [-0.2, 0) is 10.0 Å². The van der Waals surface area contributed by atoms with Gasteiger partial charge in [-0.1, -0.05) is 12.1 Å². The van der Waals surface area contributed by atoms with Crippen molar-refractivity contribution in [1.82, 2.24) is 24.8 Å². The lowest BCUT2D eigenvalue weighted by Gasteiger charge is -2.21. The molecule has 12 heteroatoms. The van der Waals surface area contributed by atoms with Crippen LogP contribution in [-0.4, -0.2) is 72.9 Å². The Morgan fingerprint density at radius 1 is 1.09 bits per heavy atom. The zero-order chi connectivity index (χ0) is 24.1. The number of rotatable bonds is 9. The number of aromatic nitrogens is 4. The number of nitrogens with one attached hydrogen (secondary N) is 1. The van der Waals surface area contributed by atoms with Crippen molar-refractivity contribution in [1.29, 1.82) is 0 Å². The summed E-state index contributed by atoms with van der Waals surface area (Å²) in [6, 6.07) is 8.82. The predicted octanol–water partition coefficient (Wildman–Crippen LogP) is 2.58. The average Bonchev–Trinajstić information content (AvgIpc) is 3.23. The zero-order valence-corrected chi connectivity index (χ0v) is 19.9. The summed E-state index contributed by atoms with van der Waals surface area (Å²) in [5.74, 6) is 1.08. The molecule has 0 bridgehead atoms. The highest BCUT2D eigenvalue weighted by molar-refractivity contribution is 7.92. The van der Waals surface area contributed by atoms with Crippen LogP contribution in [0.1, 0.15) is 12.8 Å². The van der Waals surface area contributed by atoms with Crippen LogP contribution >= 0.6 is 0 Å². The van der Waals surface area contributed by atoms with Crippen LogP contribution in [0.25, 0.3) is 11.6 Å². The molecule has 0 spiro atoms. The maximum atomic E-state index is 12.2. The molecule has 34 heavy (non-hydrogen) atoms. The second-order valence-corrected chi connectivity index (χ2v) is 9.57. The molecule has 1 aromatic carbocycles. The van der Waals surface area contributed by atoms with Crippen molar-refractivity contribution in [2.75, 3.05) is 38.3 Å². The Morgan fingerprint density at radius 2 is 1.82 bits per heavy atom. The molecular formula is C22H26N6O5S. The molecule has 3 aromatic rings. The Balaban J connectivity index is 1.81. The first-order valence-electron chi connectivity index (χ1n) is 10.6. The van der Waals surface area contributed by atoms with Gasteiger partial charge in [0.25, 0.3) is 5.88 Å². The number of hydrogen-bond donors (Lipinski definition) is 1. The predicted molar refractivity (Wildman–Crippen MR) is 126 cm³/mol. The molecule has 2 aromatic heterocycles. The smallest absolute Gasteiger partial charge is 0.263 e. The van der Waals surface area contributed by atoms with E-state index in [1.807, 2.05) is 7.05 Å². The summed E-state index contributed by atoms with van der Waals surface area (Å²) in [5.41, 5.74) is 0. The van der Waals surface area contributed by atoms with Crippen molar-refractivity contribution in [3.63, 3.8) is 0 Å². The number of ether oxygens (including phenoxy) is 3. The molecule has 3 heterocycles. The highest BCUT2D eigenvalue weighted by Gasteiger charge is 2.26. The van der Waals surface area contributed by atoms with Gasteiger partial charge in [-0.15, -0.1) is 0 Å². The first-order valence-corrected chi connectivity index (χ1v) is 12.5. The Kier molecular flexibility index (Phi) is 7.08. The minimum atomic E-state index is -3.72. The van der Waals surface area contributed by atoms with Gasteiger partial charge in [0.1, 0.15) is 6.61 Å². The molecule has 0 radical (unpaired) electrons. The van der Waals surface area contributed by atoms with E-state index in [-0.39, 0.29) is 35.1 Å². The Morgan fingerprint density at radius 3 is 2.47 bits per heavy atom. The number of nitrogens with zero attached hydrogens (tertiary/aromatic N) is 5. The standard InChI is InChI=1S/C22H26N6O5S/c1-28-13-6-8-15(28)14-32-22-18(33-17-10-5-4-9-16(17)31-2)19(27-34(3,29)30)25-21(26-22)20-23-11-7-12-24-20/h4-5,7,9-12,15H,6,8,13-14H2,1-3H3,(H,25,26,27). The van der Waals surface area contributed by atoms with Gasteiger partial charge in [0.05, 0.1) is 13.4 Å². The topological polar surface area (TPSA) is 129 Å². The van der Waals surface area contributed by atoms with Gasteiger partial charge >= 0.3 is 0 Å². The van der Waals surface area contributed by atoms with Crippen molar-refractivity contribution in [3.05, 3.63) is 42.7 Å². The first kappa shape index (κ1) is 23.6. The number of methoxy groups -OCH3 is 1. The van der Waals surface area contributed by atoms with Crippen molar-refractivity contribution in [3.8, 4) is 34.8 Å². The summed E-state index contributed by atoms with van der Waals surface area (Å²) in [6.07, 6.45) is 6.16. The summed E-state index contributed by atoms with van der Waals surface area (Å²) in [4.78, 5) is 19.4. The summed E-state index contributed by atoms with van der Waals surface area (Å²) in [7, 11) is -0.173. The lowest BCUT2D eigenvalue weighted by molar-refractivity contribution is 0.189. The third kappa shape index (κ3) is 5.69. The molecule has 180 valence electrons. The number of likely N-dealkylation sites (tertiary alicyclic amines) is 1. The average molecular weight is 487 g/mol. The molecule has 1 aliphatic heterocycles. The number of anilines is 1. The molecule has 1 fully saturated rings. The van der Waals surface area contributed by atoms with Crippen LogP contribution in [0.15, 0.2) is 42.7 Å². The van der Waals surface area contributed by atoms with Gasteiger partial charge in [0, 0.05) is 18.4 Å². The van der Waals surface area contributed by atoms with Crippen LogP contribution in [0, 0.1) is 0 Å². The fourth-order valence-corrected chi connectivity index (χ4v) is 4.05. The molecule has 11 nitrogen and oxygen atoms in total. The Hall–Kier alpha value is -3.51. The number of sulfonamides is 1. The SMILES string of the molecule is COc1ccccc1Oc1c(NS(C)(=O)=O)nc(-c2ncccn2)nc1OCC1CCCN1C. The fraction of sp³-hybridized carbons (Fsp3) is 0.364. The van der Waals surface area contributed by atoms with Crippen LogP contribution < -0.4 is 18.9 Å². The van der Waals surface area contributed by atoms with Crippen LogP contribution in [0.3, 0.4) is 0 Å². The van der Waals surface area contributed by atoms with Gasteiger partial charge in [-0.3, -0.25) is 4.72 Å². The molecule has 0 saturated carbocycles. The molecule has 0 aliphatic carbocycles. The largest absolute Gasteiger partial charge is 0.493 e. The van der Waals surface area contributed by atoms with Gasteiger partial charge in [-0.2, -0.15) is 4.98 Å². The maximum Gasteiger partial charge on any atom is 0.263 e. The quantitative estimate of drug-likeness (QED) is 0.482. The first-order chi connectivity index (χ1) is 16.3. The van der Waals surface area contributed by atoms with E-state index in [2.05, 4.69) is 29.6 Å². The maximum absolute atomic E-state index is 12.2. The summed E-state index contributed by atoms with van der Waals surface area (Å²) >= 11 is 0. The third-order valence-electron chi connectivity index (χ3n) is 5.25. The van der Waals surface area contributed by atoms with Crippen molar-refractivity contribution in [2.24, 2.45) is 0 Å². The summed E-state index contributed by atoms with van der Waals surface area (Å²) < 4.78 is 44.3. The molecular weight excluding hydrogens is 460 g/mol. The molecule has 1 unspecified atom stereocenters. The molecule has 1 saturated heterocycles. The minimum absolute atomic E-state index is 0.00950. The number of hydrogen-bond acceptors (Lipinski definition) is 10. The van der Waals surface area contributed by atoms with E-state index in [4.69, 9.17) is 14.2 Å². The molecule has 1 N–H and O–H groups in total. The van der Waals surface area contributed by atoms with E-state index in [9.17, 15) is 8.42 Å². The molecule has 0 amide bonds. The van der Waals surface area contributed by atoms with Gasteiger partial charge in [0.2, 0.25) is 21.6 Å². The number of benzene rings is 1. The monoisotopic (exact) mass is 486 g/mol. The number of para-hydroxylation sites is 2. The molecule has 4 rings (SSSR count). The lowest BCUT2D eigenvalue weighted by Crippen LogP contribution is -2.30. The zero-order valence-electron chi connectivity index (χ0n) is 19.1. The van der Waals surface area contributed by atoms with Gasteiger partial charge < -0.3 is 19.1 Å². The normalized spacial score (nSPS) is 16.3.